The van der Waals surface area contributed by atoms with Gasteiger partial charge in [-0.3, -0.25) is 4.98 Å². The van der Waals surface area contributed by atoms with E-state index in [1.807, 2.05) is 44.2 Å². The maximum Gasteiger partial charge on any atom is 0.205 e. The zero-order valence-electron chi connectivity index (χ0n) is 19.2. The normalized spacial score (nSPS) is 10.9. The lowest BCUT2D eigenvalue weighted by Gasteiger charge is -2.16. The molecule has 5 rings (SSSR count). The highest BCUT2D eigenvalue weighted by atomic mass is 16.5. The van der Waals surface area contributed by atoms with Crippen LogP contribution in [0.2, 0.25) is 0 Å². The van der Waals surface area contributed by atoms with Gasteiger partial charge in [0.2, 0.25) is 5.82 Å². The van der Waals surface area contributed by atoms with Crippen molar-refractivity contribution in [3.8, 4) is 28.3 Å². The molecule has 2 aromatic heterocycles. The van der Waals surface area contributed by atoms with Crippen molar-refractivity contribution in [1.29, 1.82) is 0 Å². The quantitative estimate of drug-likeness (QED) is 0.346. The summed E-state index contributed by atoms with van der Waals surface area (Å²) in [6.07, 6.45) is 0.774. The third-order valence-corrected chi connectivity index (χ3v) is 5.79. The number of aromatic nitrogens is 5. The van der Waals surface area contributed by atoms with Gasteiger partial charge in [-0.2, -0.15) is 5.21 Å². The molecule has 34 heavy (non-hydrogen) atoms. The second-order valence-electron chi connectivity index (χ2n) is 8.26. The van der Waals surface area contributed by atoms with Crippen LogP contribution in [0.15, 0.2) is 84.9 Å². The third kappa shape index (κ3) is 4.71. The molecule has 0 aliphatic carbocycles. The molecule has 0 amide bonds. The van der Waals surface area contributed by atoms with Crippen LogP contribution < -0.4 is 4.74 Å². The zero-order chi connectivity index (χ0) is 23.3. The standard InChI is InChI=1S/C28H25N5O/c1-19-15-27(25(20(2)29-19)16-21-9-5-3-6-10-21)34-18-22-13-14-24(23-11-7-4-8-12-23)26(17-22)28-30-32-33-31-28/h3-15,17H,16,18H2,1-2H3,(H,30,31,32,33). The molecule has 6 nitrogen and oxygen atoms in total. The van der Waals surface area contributed by atoms with Gasteiger partial charge in [0.15, 0.2) is 0 Å². The summed E-state index contributed by atoms with van der Waals surface area (Å²) < 4.78 is 6.37. The van der Waals surface area contributed by atoms with E-state index in [0.29, 0.717) is 12.4 Å². The first-order chi connectivity index (χ1) is 16.7. The fourth-order valence-electron chi connectivity index (χ4n) is 4.14. The maximum atomic E-state index is 6.37. The summed E-state index contributed by atoms with van der Waals surface area (Å²) in [4.78, 5) is 4.67. The van der Waals surface area contributed by atoms with Gasteiger partial charge in [-0.1, -0.05) is 72.8 Å². The van der Waals surface area contributed by atoms with E-state index in [1.165, 1.54) is 5.56 Å². The van der Waals surface area contributed by atoms with Crippen LogP contribution in [-0.4, -0.2) is 25.6 Å². The Balaban J connectivity index is 1.45. The molecule has 2 heterocycles. The molecule has 0 unspecified atom stereocenters. The summed E-state index contributed by atoms with van der Waals surface area (Å²) in [5.41, 5.74) is 8.35. The fourth-order valence-corrected chi connectivity index (χ4v) is 4.14. The van der Waals surface area contributed by atoms with Crippen molar-refractivity contribution in [2.45, 2.75) is 26.9 Å². The van der Waals surface area contributed by atoms with E-state index < -0.39 is 0 Å². The Kier molecular flexibility index (Phi) is 6.12. The molecule has 0 bridgehead atoms. The fraction of sp³-hybridized carbons (Fsp3) is 0.143. The number of H-pyrrole nitrogens is 1. The monoisotopic (exact) mass is 447 g/mol. The van der Waals surface area contributed by atoms with Crippen LogP contribution in [0.1, 0.15) is 28.1 Å². The van der Waals surface area contributed by atoms with E-state index in [-0.39, 0.29) is 0 Å². The Labute approximate surface area is 198 Å². The van der Waals surface area contributed by atoms with Gasteiger partial charge in [-0.25, -0.2) is 0 Å². The first-order valence-corrected chi connectivity index (χ1v) is 11.2. The van der Waals surface area contributed by atoms with Crippen LogP contribution in [0.25, 0.3) is 22.5 Å². The Bertz CT molecular complexity index is 1380. The lowest BCUT2D eigenvalue weighted by Crippen LogP contribution is -2.04. The molecule has 0 fully saturated rings. The van der Waals surface area contributed by atoms with Gasteiger partial charge in [0.25, 0.3) is 0 Å². The summed E-state index contributed by atoms with van der Waals surface area (Å²) in [7, 11) is 0. The molecule has 0 radical (unpaired) electrons. The number of aromatic amines is 1. The van der Waals surface area contributed by atoms with Gasteiger partial charge in [0, 0.05) is 35.0 Å². The molecule has 168 valence electrons. The van der Waals surface area contributed by atoms with Gasteiger partial charge in [-0.05, 0) is 47.4 Å². The van der Waals surface area contributed by atoms with E-state index in [9.17, 15) is 0 Å². The number of hydrogen-bond acceptors (Lipinski definition) is 5. The van der Waals surface area contributed by atoms with Crippen LogP contribution >= 0.6 is 0 Å². The smallest absolute Gasteiger partial charge is 0.205 e. The third-order valence-electron chi connectivity index (χ3n) is 5.79. The number of benzene rings is 3. The molecule has 0 spiro atoms. The highest BCUT2D eigenvalue weighted by Gasteiger charge is 2.14. The number of pyridine rings is 1. The molecule has 5 aromatic rings. The summed E-state index contributed by atoms with van der Waals surface area (Å²) in [6.45, 7) is 4.46. The minimum atomic E-state index is 0.421. The van der Waals surface area contributed by atoms with E-state index in [4.69, 9.17) is 4.74 Å². The predicted octanol–water partition coefficient (Wildman–Crippen LogP) is 5.72. The largest absolute Gasteiger partial charge is 0.488 e. The molecule has 6 heteroatoms. The zero-order valence-corrected chi connectivity index (χ0v) is 19.2. The van der Waals surface area contributed by atoms with Crippen LogP contribution in [0.3, 0.4) is 0 Å². The Morgan fingerprint density at radius 1 is 0.794 bits per heavy atom. The van der Waals surface area contributed by atoms with E-state index >= 15 is 0 Å². The molecule has 0 atom stereocenters. The number of rotatable bonds is 7. The number of nitrogens with zero attached hydrogens (tertiary/aromatic N) is 4. The molecule has 0 saturated heterocycles. The topological polar surface area (TPSA) is 76.6 Å². The number of tetrazole rings is 1. The first-order valence-electron chi connectivity index (χ1n) is 11.2. The first kappa shape index (κ1) is 21.5. The Hall–Kier alpha value is -4.32. The van der Waals surface area contributed by atoms with E-state index in [2.05, 4.69) is 80.2 Å². The second kappa shape index (κ2) is 9.67. The van der Waals surface area contributed by atoms with Crippen molar-refractivity contribution < 1.29 is 4.74 Å². The molecule has 0 aliphatic rings. The highest BCUT2D eigenvalue weighted by molar-refractivity contribution is 5.80. The van der Waals surface area contributed by atoms with Crippen LogP contribution in [0.5, 0.6) is 5.75 Å². The molecule has 0 saturated carbocycles. The lowest BCUT2D eigenvalue weighted by atomic mass is 9.97. The highest BCUT2D eigenvalue weighted by Crippen LogP contribution is 2.32. The summed E-state index contributed by atoms with van der Waals surface area (Å²) in [5, 5.41) is 14.8. The van der Waals surface area contributed by atoms with Gasteiger partial charge in [0.1, 0.15) is 12.4 Å². The summed E-state index contributed by atoms with van der Waals surface area (Å²) in [5.74, 6) is 1.42. The van der Waals surface area contributed by atoms with Gasteiger partial charge >= 0.3 is 0 Å². The molecular weight excluding hydrogens is 422 g/mol. The van der Waals surface area contributed by atoms with Crippen LogP contribution in [-0.2, 0) is 13.0 Å². The summed E-state index contributed by atoms with van der Waals surface area (Å²) in [6, 6.07) is 28.9. The second-order valence-corrected chi connectivity index (χ2v) is 8.26. The van der Waals surface area contributed by atoms with Crippen molar-refractivity contribution >= 4 is 0 Å². The van der Waals surface area contributed by atoms with Crippen LogP contribution in [0, 0.1) is 13.8 Å². The molecule has 3 aromatic carbocycles. The SMILES string of the molecule is Cc1cc(OCc2ccc(-c3ccccc3)c(-c3nn[nH]n3)c2)c(Cc2ccccc2)c(C)n1. The predicted molar refractivity (Wildman–Crippen MR) is 132 cm³/mol. The van der Waals surface area contributed by atoms with Gasteiger partial charge in [-0.15, -0.1) is 10.2 Å². The van der Waals surface area contributed by atoms with Gasteiger partial charge in [0.05, 0.1) is 0 Å². The van der Waals surface area contributed by atoms with Crippen LogP contribution in [0.4, 0.5) is 0 Å². The number of hydrogen-bond donors (Lipinski definition) is 1. The minimum absolute atomic E-state index is 0.421. The van der Waals surface area contributed by atoms with Crippen molar-refractivity contribution in [2.75, 3.05) is 0 Å². The Morgan fingerprint density at radius 2 is 1.56 bits per heavy atom. The lowest BCUT2D eigenvalue weighted by molar-refractivity contribution is 0.302. The number of aryl methyl sites for hydroxylation is 2. The maximum absolute atomic E-state index is 6.37. The number of ether oxygens (including phenoxy) is 1. The van der Waals surface area contributed by atoms with E-state index in [1.54, 1.807) is 0 Å². The Morgan fingerprint density at radius 3 is 2.29 bits per heavy atom. The molecule has 1 N–H and O–H groups in total. The van der Waals surface area contributed by atoms with Crippen molar-refractivity contribution in [1.82, 2.24) is 25.6 Å². The summed E-state index contributed by atoms with van der Waals surface area (Å²) >= 11 is 0. The number of nitrogens with one attached hydrogen (secondary N) is 1. The van der Waals surface area contributed by atoms with Crippen molar-refractivity contribution in [2.24, 2.45) is 0 Å². The van der Waals surface area contributed by atoms with E-state index in [0.717, 1.165) is 51.4 Å². The molecule has 0 aliphatic heterocycles. The average molecular weight is 448 g/mol. The van der Waals surface area contributed by atoms with Gasteiger partial charge < -0.3 is 4.74 Å². The van der Waals surface area contributed by atoms with Crippen molar-refractivity contribution in [3.05, 3.63) is 113 Å². The van der Waals surface area contributed by atoms with Crippen molar-refractivity contribution in [3.63, 3.8) is 0 Å². The molecular formula is C28H25N5O. The average Bonchev–Trinajstić information content (AvgIpc) is 3.41. The minimum Gasteiger partial charge on any atom is -0.488 e.